The van der Waals surface area contributed by atoms with E-state index >= 15 is 0 Å². The highest BCUT2D eigenvalue weighted by Gasteiger charge is 2.36. The van der Waals surface area contributed by atoms with E-state index < -0.39 is 0 Å². The minimum atomic E-state index is -0.347. The molecule has 6 nitrogen and oxygen atoms in total. The predicted octanol–water partition coefficient (Wildman–Crippen LogP) is 2.91. The van der Waals surface area contributed by atoms with Gasteiger partial charge >= 0.3 is 0 Å². The monoisotopic (exact) mass is 327 g/mol. The van der Waals surface area contributed by atoms with E-state index in [4.69, 9.17) is 4.74 Å². The molecule has 24 heavy (non-hydrogen) atoms. The number of aromatic nitrogens is 4. The normalized spacial score (nSPS) is 16.1. The molecule has 0 saturated heterocycles. The van der Waals surface area contributed by atoms with E-state index in [-0.39, 0.29) is 11.4 Å². The van der Waals surface area contributed by atoms with E-state index in [0.717, 1.165) is 12.8 Å². The van der Waals surface area contributed by atoms with Gasteiger partial charge < -0.3 is 10.1 Å². The minimum Gasteiger partial charge on any atom is -0.376 e. The Bertz CT molecular complexity index is 869. The second-order valence-electron chi connectivity index (χ2n) is 6.09. The average molecular weight is 327 g/mol. The third kappa shape index (κ3) is 2.50. The Kier molecular flexibility index (Phi) is 3.65. The van der Waals surface area contributed by atoms with Crippen molar-refractivity contribution in [2.45, 2.75) is 24.9 Å². The third-order valence-electron chi connectivity index (χ3n) is 4.67. The fourth-order valence-corrected chi connectivity index (χ4v) is 2.97. The number of ether oxygens (including phenoxy) is 1. The van der Waals surface area contributed by atoms with Crippen molar-refractivity contribution in [2.75, 3.05) is 19.0 Å². The molecule has 0 radical (unpaired) electrons. The van der Waals surface area contributed by atoms with Crippen LogP contribution >= 0.6 is 0 Å². The Morgan fingerprint density at radius 3 is 2.75 bits per heavy atom. The Morgan fingerprint density at radius 2 is 2.04 bits per heavy atom. The molecule has 1 aromatic carbocycles. The number of fused-ring (bicyclic) bond motifs is 1. The topological polar surface area (TPSA) is 64.3 Å². The van der Waals surface area contributed by atoms with Crippen LogP contribution in [-0.4, -0.2) is 39.1 Å². The van der Waals surface area contributed by atoms with Gasteiger partial charge in [0.2, 0.25) is 0 Å². The van der Waals surface area contributed by atoms with E-state index in [1.807, 2.05) is 12.1 Å². The van der Waals surface area contributed by atoms with Crippen molar-refractivity contribution in [2.24, 2.45) is 0 Å². The lowest BCUT2D eigenvalue weighted by molar-refractivity contribution is -0.0601. The number of nitrogens with one attached hydrogen (secondary N) is 1. The average Bonchev–Trinajstić information content (AvgIpc) is 2.98. The van der Waals surface area contributed by atoms with Crippen molar-refractivity contribution in [3.05, 3.63) is 42.2 Å². The second-order valence-corrected chi connectivity index (χ2v) is 6.09. The fourth-order valence-electron chi connectivity index (χ4n) is 2.97. The highest BCUT2D eigenvalue weighted by Crippen LogP contribution is 2.35. The molecule has 2 heterocycles. The molecule has 0 amide bonds. The number of hydrogen-bond acceptors (Lipinski definition) is 5. The van der Waals surface area contributed by atoms with Crippen LogP contribution < -0.4 is 5.32 Å². The van der Waals surface area contributed by atoms with Crippen LogP contribution in [0.2, 0.25) is 0 Å². The summed E-state index contributed by atoms with van der Waals surface area (Å²) in [5.74, 6) is 0.722. The molecule has 1 aliphatic rings. The van der Waals surface area contributed by atoms with Gasteiger partial charge in [-0.15, -0.1) is 15.3 Å². The van der Waals surface area contributed by atoms with Gasteiger partial charge in [0, 0.05) is 13.7 Å². The summed E-state index contributed by atoms with van der Waals surface area (Å²) in [6.07, 6.45) is 3.28. The van der Waals surface area contributed by atoms with Crippen LogP contribution in [0.3, 0.4) is 0 Å². The molecule has 1 saturated carbocycles. The summed E-state index contributed by atoms with van der Waals surface area (Å²) < 4.78 is 21.2. The van der Waals surface area contributed by atoms with Crippen molar-refractivity contribution in [1.29, 1.82) is 0 Å². The van der Waals surface area contributed by atoms with Crippen LogP contribution in [-0.2, 0) is 4.74 Å². The highest BCUT2D eigenvalue weighted by molar-refractivity contribution is 5.60. The second kappa shape index (κ2) is 5.83. The van der Waals surface area contributed by atoms with Gasteiger partial charge in [-0.25, -0.2) is 4.39 Å². The summed E-state index contributed by atoms with van der Waals surface area (Å²) in [5.41, 5.74) is 0.851. The molecule has 1 fully saturated rings. The van der Waals surface area contributed by atoms with Gasteiger partial charge in [-0.05, 0) is 43.5 Å². The van der Waals surface area contributed by atoms with Gasteiger partial charge in [-0.3, -0.25) is 0 Å². The first-order valence-corrected chi connectivity index (χ1v) is 7.97. The molecule has 0 atom stereocenters. The molecule has 0 bridgehead atoms. The van der Waals surface area contributed by atoms with Gasteiger partial charge in [0.25, 0.3) is 0 Å². The molecule has 1 aliphatic carbocycles. The zero-order chi connectivity index (χ0) is 16.6. The molecule has 7 heteroatoms. The molecule has 1 N–H and O–H groups in total. The molecule has 3 aromatic rings. The van der Waals surface area contributed by atoms with Crippen LogP contribution in [0.4, 0.5) is 10.2 Å². The fraction of sp³-hybridized carbons (Fsp3) is 0.353. The first kappa shape index (κ1) is 15.0. The lowest BCUT2D eigenvalue weighted by Crippen LogP contribution is -2.45. The number of benzene rings is 1. The molecular weight excluding hydrogens is 309 g/mol. The standard InChI is InChI=1S/C17H18FN5O/c1-24-17(9-4-10-17)11-19-14-7-8-15-20-21-16(23(15)22-14)12-5-2-3-6-13(12)18/h2-3,5-8H,4,9-11H2,1H3,(H,19,22). The lowest BCUT2D eigenvalue weighted by atomic mass is 9.80. The van der Waals surface area contributed by atoms with Crippen molar-refractivity contribution in [3.8, 4) is 11.4 Å². The molecule has 2 aromatic heterocycles. The maximum atomic E-state index is 14.0. The van der Waals surface area contributed by atoms with Crippen LogP contribution in [0.25, 0.3) is 17.0 Å². The number of anilines is 1. The lowest BCUT2D eigenvalue weighted by Gasteiger charge is -2.40. The van der Waals surface area contributed by atoms with Crippen LogP contribution in [0.15, 0.2) is 36.4 Å². The maximum absolute atomic E-state index is 14.0. The largest absolute Gasteiger partial charge is 0.376 e. The van der Waals surface area contributed by atoms with Gasteiger partial charge in [0.15, 0.2) is 11.5 Å². The van der Waals surface area contributed by atoms with Crippen molar-refractivity contribution < 1.29 is 9.13 Å². The van der Waals surface area contributed by atoms with Crippen molar-refractivity contribution in [3.63, 3.8) is 0 Å². The molecular formula is C17H18FN5O. The van der Waals surface area contributed by atoms with Crippen LogP contribution in [0, 0.1) is 5.82 Å². The Balaban J connectivity index is 1.65. The number of halogens is 1. The molecule has 0 spiro atoms. The SMILES string of the molecule is COC1(CNc2ccc3nnc(-c4ccccc4F)n3n2)CCC1. The van der Waals surface area contributed by atoms with E-state index in [1.165, 1.54) is 12.5 Å². The summed E-state index contributed by atoms with van der Waals surface area (Å²) >= 11 is 0. The summed E-state index contributed by atoms with van der Waals surface area (Å²) in [6.45, 7) is 0.694. The number of hydrogen-bond donors (Lipinski definition) is 1. The van der Waals surface area contributed by atoms with Crippen molar-refractivity contribution >= 4 is 11.5 Å². The summed E-state index contributed by atoms with van der Waals surface area (Å²) in [7, 11) is 1.74. The van der Waals surface area contributed by atoms with Gasteiger partial charge in [-0.1, -0.05) is 12.1 Å². The molecule has 4 rings (SSSR count). The van der Waals surface area contributed by atoms with E-state index in [1.54, 1.807) is 29.8 Å². The zero-order valence-corrected chi connectivity index (χ0v) is 13.4. The van der Waals surface area contributed by atoms with E-state index in [2.05, 4.69) is 20.6 Å². The smallest absolute Gasteiger partial charge is 0.188 e. The summed E-state index contributed by atoms with van der Waals surface area (Å²) in [4.78, 5) is 0. The first-order valence-electron chi connectivity index (χ1n) is 7.97. The molecule has 124 valence electrons. The third-order valence-corrected chi connectivity index (χ3v) is 4.67. The van der Waals surface area contributed by atoms with Crippen LogP contribution in [0.5, 0.6) is 0 Å². The number of methoxy groups -OCH3 is 1. The first-order chi connectivity index (χ1) is 11.7. The summed E-state index contributed by atoms with van der Waals surface area (Å²) in [6, 6.07) is 10.1. The number of rotatable bonds is 5. The van der Waals surface area contributed by atoms with E-state index in [9.17, 15) is 4.39 Å². The van der Waals surface area contributed by atoms with Gasteiger partial charge in [0.1, 0.15) is 11.6 Å². The maximum Gasteiger partial charge on any atom is 0.188 e. The molecule has 0 aliphatic heterocycles. The number of nitrogens with zero attached hydrogens (tertiary/aromatic N) is 4. The highest BCUT2D eigenvalue weighted by atomic mass is 19.1. The van der Waals surface area contributed by atoms with Gasteiger partial charge in [-0.2, -0.15) is 4.52 Å². The van der Waals surface area contributed by atoms with Crippen molar-refractivity contribution in [1.82, 2.24) is 19.8 Å². The Labute approximate surface area is 138 Å². The minimum absolute atomic E-state index is 0.0990. The van der Waals surface area contributed by atoms with Crippen LogP contribution in [0.1, 0.15) is 19.3 Å². The predicted molar refractivity (Wildman–Crippen MR) is 88.3 cm³/mol. The van der Waals surface area contributed by atoms with E-state index in [0.29, 0.717) is 29.4 Å². The zero-order valence-electron chi connectivity index (χ0n) is 13.4. The Hall–Kier alpha value is -2.54. The quantitative estimate of drug-likeness (QED) is 0.780. The summed E-state index contributed by atoms with van der Waals surface area (Å²) in [5, 5.41) is 16.0. The molecule has 0 unspecified atom stereocenters. The van der Waals surface area contributed by atoms with Gasteiger partial charge in [0.05, 0.1) is 11.2 Å². The Morgan fingerprint density at radius 1 is 1.21 bits per heavy atom.